The minimum absolute atomic E-state index is 0.0784. The number of nitrogens with two attached hydrogens (primary N) is 1. The third-order valence-corrected chi connectivity index (χ3v) is 4.78. The number of carbonyl (C=O) groups excluding carboxylic acids is 1. The van der Waals surface area contributed by atoms with Crippen LogP contribution in [0.1, 0.15) is 34.0 Å². The van der Waals surface area contributed by atoms with E-state index in [0.717, 1.165) is 16.3 Å². The monoisotopic (exact) mass is 342 g/mol. The summed E-state index contributed by atoms with van der Waals surface area (Å²) < 4.78 is 1.69. The van der Waals surface area contributed by atoms with Gasteiger partial charge in [0.1, 0.15) is 23.4 Å². The Bertz CT molecular complexity index is 811. The maximum Gasteiger partial charge on any atom is 0.273 e. The average Bonchev–Trinajstić information content (AvgIpc) is 3.31. The lowest BCUT2D eigenvalue weighted by atomic mass is 10.1. The summed E-state index contributed by atoms with van der Waals surface area (Å²) in [6, 6.07) is 7.79. The van der Waals surface area contributed by atoms with Gasteiger partial charge in [-0.1, -0.05) is 12.1 Å². The van der Waals surface area contributed by atoms with Crippen molar-refractivity contribution in [2.75, 3.05) is 7.05 Å². The minimum Gasteiger partial charge on any atom is -0.334 e. The summed E-state index contributed by atoms with van der Waals surface area (Å²) in [4.78, 5) is 22.4. The van der Waals surface area contributed by atoms with E-state index in [2.05, 4.69) is 15.1 Å². The number of carbonyl (C=O) groups is 1. The van der Waals surface area contributed by atoms with Gasteiger partial charge in [0, 0.05) is 19.0 Å². The maximum atomic E-state index is 12.5. The molecule has 0 saturated carbocycles. The molecule has 0 aliphatic carbocycles. The predicted molar refractivity (Wildman–Crippen MR) is 91.9 cm³/mol. The summed E-state index contributed by atoms with van der Waals surface area (Å²) in [5, 5.41) is 6.61. The molecular weight excluding hydrogens is 324 g/mol. The van der Waals surface area contributed by atoms with Crippen LogP contribution in [0.4, 0.5) is 0 Å². The fourth-order valence-corrected chi connectivity index (χ4v) is 2.98. The van der Waals surface area contributed by atoms with Crippen LogP contribution in [-0.4, -0.2) is 37.6 Å². The van der Waals surface area contributed by atoms with Crippen LogP contribution in [0, 0.1) is 0 Å². The third-order valence-electron chi connectivity index (χ3n) is 3.91. The van der Waals surface area contributed by atoms with Crippen molar-refractivity contribution in [3.05, 3.63) is 58.6 Å². The van der Waals surface area contributed by atoms with E-state index in [9.17, 15) is 4.79 Å². The third kappa shape index (κ3) is 3.19. The molecule has 0 fully saturated rings. The van der Waals surface area contributed by atoms with Crippen molar-refractivity contribution >= 4 is 17.2 Å². The van der Waals surface area contributed by atoms with Gasteiger partial charge in [-0.05, 0) is 24.6 Å². The average molecular weight is 342 g/mol. The zero-order valence-corrected chi connectivity index (χ0v) is 14.3. The summed E-state index contributed by atoms with van der Waals surface area (Å²) in [5.41, 5.74) is 7.95. The van der Waals surface area contributed by atoms with Gasteiger partial charge in [0.25, 0.3) is 5.91 Å². The van der Waals surface area contributed by atoms with Crippen LogP contribution in [0.2, 0.25) is 0 Å². The number of aromatic nitrogens is 4. The lowest BCUT2D eigenvalue weighted by Gasteiger charge is -2.24. The van der Waals surface area contributed by atoms with E-state index in [1.165, 1.54) is 17.7 Å². The molecule has 124 valence electrons. The zero-order chi connectivity index (χ0) is 17.1. The summed E-state index contributed by atoms with van der Waals surface area (Å²) in [6.45, 7) is 2.33. The molecule has 1 atom stereocenters. The molecule has 1 unspecified atom stereocenters. The van der Waals surface area contributed by atoms with E-state index in [1.807, 2.05) is 31.2 Å². The molecule has 1 amide bonds. The first-order valence-corrected chi connectivity index (χ1v) is 8.34. The highest BCUT2D eigenvalue weighted by atomic mass is 32.1. The summed E-state index contributed by atoms with van der Waals surface area (Å²) in [5.74, 6) is -0.112. The van der Waals surface area contributed by atoms with Crippen LogP contribution >= 0.6 is 11.3 Å². The van der Waals surface area contributed by atoms with Crippen LogP contribution in [0.3, 0.4) is 0 Å². The van der Waals surface area contributed by atoms with Gasteiger partial charge in [0.2, 0.25) is 0 Å². The van der Waals surface area contributed by atoms with Crippen LogP contribution in [0.25, 0.3) is 5.69 Å². The molecule has 0 aliphatic rings. The van der Waals surface area contributed by atoms with Crippen molar-refractivity contribution in [1.29, 1.82) is 0 Å². The standard InChI is InChI=1S/C16H18N6OS/c1-11(21(2)16(23)14-8-24-15(7-17)20-14)12-3-5-13(6-4-12)22-10-18-9-19-22/h3-6,8-11H,7,17H2,1-2H3. The molecule has 2 N–H and O–H groups in total. The zero-order valence-electron chi connectivity index (χ0n) is 13.5. The molecule has 1 aromatic carbocycles. The van der Waals surface area contributed by atoms with Gasteiger partial charge in [-0.15, -0.1) is 11.3 Å². The quantitative estimate of drug-likeness (QED) is 0.766. The Morgan fingerprint density at radius 2 is 2.12 bits per heavy atom. The summed E-state index contributed by atoms with van der Waals surface area (Å²) in [7, 11) is 1.78. The highest BCUT2D eigenvalue weighted by Gasteiger charge is 2.21. The number of hydrogen-bond donors (Lipinski definition) is 1. The van der Waals surface area contributed by atoms with Crippen molar-refractivity contribution < 1.29 is 4.79 Å². The number of nitrogens with zero attached hydrogens (tertiary/aromatic N) is 5. The molecule has 2 aromatic heterocycles. The van der Waals surface area contributed by atoms with Crippen LogP contribution < -0.4 is 5.73 Å². The van der Waals surface area contributed by atoms with Crippen molar-refractivity contribution in [3.63, 3.8) is 0 Å². The molecule has 7 nitrogen and oxygen atoms in total. The Balaban J connectivity index is 1.75. The van der Waals surface area contributed by atoms with E-state index >= 15 is 0 Å². The van der Waals surface area contributed by atoms with E-state index in [1.54, 1.807) is 28.3 Å². The van der Waals surface area contributed by atoms with E-state index in [4.69, 9.17) is 5.73 Å². The SMILES string of the molecule is CC(c1ccc(-n2cncn2)cc1)N(C)C(=O)c1csc(CN)n1. The number of rotatable bonds is 5. The Kier molecular flexibility index (Phi) is 4.68. The van der Waals surface area contributed by atoms with Crippen molar-refractivity contribution in [3.8, 4) is 5.69 Å². The fraction of sp³-hybridized carbons (Fsp3) is 0.250. The first-order valence-electron chi connectivity index (χ1n) is 7.46. The molecule has 2 heterocycles. The maximum absolute atomic E-state index is 12.5. The number of hydrogen-bond acceptors (Lipinski definition) is 6. The first-order chi connectivity index (χ1) is 11.6. The Hall–Kier alpha value is -2.58. The lowest BCUT2D eigenvalue weighted by molar-refractivity contribution is 0.0737. The van der Waals surface area contributed by atoms with Gasteiger partial charge in [-0.3, -0.25) is 4.79 Å². The summed E-state index contributed by atoms with van der Waals surface area (Å²) >= 11 is 1.40. The molecule has 0 radical (unpaired) electrons. The lowest BCUT2D eigenvalue weighted by Crippen LogP contribution is -2.30. The Labute approximate surface area is 143 Å². The van der Waals surface area contributed by atoms with Crippen molar-refractivity contribution in [1.82, 2.24) is 24.6 Å². The number of amides is 1. The molecule has 0 saturated heterocycles. The van der Waals surface area contributed by atoms with Gasteiger partial charge in [0.15, 0.2) is 0 Å². The van der Waals surface area contributed by atoms with E-state index in [-0.39, 0.29) is 11.9 Å². The minimum atomic E-state index is -0.112. The van der Waals surface area contributed by atoms with Crippen LogP contribution in [0.5, 0.6) is 0 Å². The van der Waals surface area contributed by atoms with E-state index < -0.39 is 0 Å². The van der Waals surface area contributed by atoms with Crippen LogP contribution in [-0.2, 0) is 6.54 Å². The molecule has 0 bridgehead atoms. The predicted octanol–water partition coefficient (Wildman–Crippen LogP) is 2.02. The smallest absolute Gasteiger partial charge is 0.273 e. The highest BCUT2D eigenvalue weighted by molar-refractivity contribution is 7.09. The Morgan fingerprint density at radius 3 is 2.71 bits per heavy atom. The molecule has 8 heteroatoms. The van der Waals surface area contributed by atoms with Crippen molar-refractivity contribution in [2.24, 2.45) is 5.73 Å². The van der Waals surface area contributed by atoms with Crippen LogP contribution in [0.15, 0.2) is 42.3 Å². The molecule has 24 heavy (non-hydrogen) atoms. The Morgan fingerprint density at radius 1 is 1.38 bits per heavy atom. The second-order valence-corrected chi connectivity index (χ2v) is 6.30. The molecular formula is C16H18N6OS. The molecule has 3 aromatic rings. The number of thiazole rings is 1. The van der Waals surface area contributed by atoms with Gasteiger partial charge in [0.05, 0.1) is 11.7 Å². The normalized spacial score (nSPS) is 12.1. The fourth-order valence-electron chi connectivity index (χ4n) is 2.33. The van der Waals surface area contributed by atoms with Gasteiger partial charge >= 0.3 is 0 Å². The second kappa shape index (κ2) is 6.90. The number of benzene rings is 1. The molecule has 0 spiro atoms. The van der Waals surface area contributed by atoms with Crippen molar-refractivity contribution in [2.45, 2.75) is 19.5 Å². The topological polar surface area (TPSA) is 89.9 Å². The first kappa shape index (κ1) is 16.3. The van der Waals surface area contributed by atoms with Gasteiger partial charge in [-0.25, -0.2) is 14.6 Å². The summed E-state index contributed by atoms with van der Waals surface area (Å²) in [6.07, 6.45) is 3.14. The second-order valence-electron chi connectivity index (χ2n) is 5.35. The largest absolute Gasteiger partial charge is 0.334 e. The van der Waals surface area contributed by atoms with Gasteiger partial charge < -0.3 is 10.6 Å². The highest BCUT2D eigenvalue weighted by Crippen LogP contribution is 2.22. The molecule has 3 rings (SSSR count). The van der Waals surface area contributed by atoms with E-state index in [0.29, 0.717) is 12.2 Å². The molecule has 0 aliphatic heterocycles. The van der Waals surface area contributed by atoms with Gasteiger partial charge in [-0.2, -0.15) is 5.10 Å².